The maximum Gasteiger partial charge on any atom is 0.318 e. The summed E-state index contributed by atoms with van der Waals surface area (Å²) in [7, 11) is -3.33. The molecule has 1 aromatic rings. The largest absolute Gasteiger partial charge is 0.332 e. The lowest BCUT2D eigenvalue weighted by molar-refractivity contribution is -0.0686. The Hall–Kier alpha value is -2.03. The maximum absolute atomic E-state index is 13.9. The van der Waals surface area contributed by atoms with E-state index in [9.17, 15) is 26.4 Å². The topological polar surface area (TPSA) is 66.5 Å². The first-order valence-corrected chi connectivity index (χ1v) is 10.9. The van der Waals surface area contributed by atoms with Crippen LogP contribution in [-0.4, -0.2) is 44.1 Å². The van der Waals surface area contributed by atoms with Crippen LogP contribution in [0.1, 0.15) is 38.3 Å². The van der Waals surface area contributed by atoms with E-state index in [-0.39, 0.29) is 19.4 Å². The summed E-state index contributed by atoms with van der Waals surface area (Å²) in [5, 5.41) is 3.66. The number of sulfone groups is 1. The lowest BCUT2D eigenvalue weighted by Gasteiger charge is -2.41. The van der Waals surface area contributed by atoms with Gasteiger partial charge in [0.1, 0.15) is 5.82 Å². The van der Waals surface area contributed by atoms with Gasteiger partial charge in [-0.25, -0.2) is 26.4 Å². The highest BCUT2D eigenvalue weighted by Gasteiger charge is 2.42. The van der Waals surface area contributed by atoms with E-state index in [0.29, 0.717) is 5.56 Å². The molecule has 1 fully saturated rings. The van der Waals surface area contributed by atoms with Crippen molar-refractivity contribution in [2.24, 2.45) is 5.92 Å². The third-order valence-corrected chi connectivity index (χ3v) is 5.45. The molecule has 1 N–H and O–H groups in total. The molecule has 0 aliphatic carbocycles. The lowest BCUT2D eigenvalue weighted by Crippen LogP contribution is -2.50. The Morgan fingerprint density at radius 1 is 1.32 bits per heavy atom. The molecule has 0 saturated carbocycles. The van der Waals surface area contributed by atoms with Crippen molar-refractivity contribution in [3.05, 3.63) is 47.1 Å². The Balaban J connectivity index is 2.21. The first-order chi connectivity index (χ1) is 12.9. The summed E-state index contributed by atoms with van der Waals surface area (Å²) in [6.45, 7) is 2.59. The van der Waals surface area contributed by atoms with Gasteiger partial charge < -0.3 is 10.2 Å². The van der Waals surface area contributed by atoms with E-state index in [4.69, 9.17) is 0 Å². The summed E-state index contributed by atoms with van der Waals surface area (Å²) in [6, 6.07) is 3.76. The van der Waals surface area contributed by atoms with Gasteiger partial charge in [0.15, 0.2) is 9.84 Å². The molecule has 1 heterocycles. The molecular formula is C19H25F3N2O3S. The quantitative estimate of drug-likeness (QED) is 0.789. The molecule has 0 unspecified atom stereocenters. The minimum atomic E-state index is -3.33. The predicted molar refractivity (Wildman–Crippen MR) is 101 cm³/mol. The zero-order valence-corrected chi connectivity index (χ0v) is 16.8. The number of nitrogens with one attached hydrogen (secondary N) is 1. The van der Waals surface area contributed by atoms with Crippen molar-refractivity contribution in [1.82, 2.24) is 10.2 Å². The second kappa shape index (κ2) is 8.55. The molecule has 28 heavy (non-hydrogen) atoms. The van der Waals surface area contributed by atoms with Crippen molar-refractivity contribution < 1.29 is 26.4 Å². The number of amides is 2. The number of hydrogen-bond acceptors (Lipinski definition) is 3. The number of piperidine rings is 1. The highest BCUT2D eigenvalue weighted by Crippen LogP contribution is 2.41. The first-order valence-electron chi connectivity index (χ1n) is 8.95. The van der Waals surface area contributed by atoms with E-state index in [1.54, 1.807) is 6.92 Å². The molecule has 1 saturated heterocycles. The second-order valence-electron chi connectivity index (χ2n) is 7.33. The SMILES string of the molecule is C[C@@H](/C=C/S(C)(=O)=O)NC(=O)N1CC[C@H](C(C)(F)F)C[C@@H]1c1ccc(F)cc1. The van der Waals surface area contributed by atoms with Gasteiger partial charge in [-0.2, -0.15) is 0 Å². The normalized spacial score (nSPS) is 22.3. The van der Waals surface area contributed by atoms with Gasteiger partial charge in [-0.1, -0.05) is 18.2 Å². The molecule has 2 rings (SSSR count). The van der Waals surface area contributed by atoms with E-state index in [0.717, 1.165) is 18.6 Å². The van der Waals surface area contributed by atoms with Crippen molar-refractivity contribution in [3.8, 4) is 0 Å². The van der Waals surface area contributed by atoms with Crippen molar-refractivity contribution in [3.63, 3.8) is 0 Å². The number of likely N-dealkylation sites (tertiary alicyclic amines) is 1. The average molecular weight is 418 g/mol. The fourth-order valence-corrected chi connectivity index (χ4v) is 3.78. The molecule has 3 atom stereocenters. The van der Waals surface area contributed by atoms with Gasteiger partial charge in [-0.05, 0) is 44.4 Å². The Labute approximate surface area is 163 Å². The number of carbonyl (C=O) groups is 1. The van der Waals surface area contributed by atoms with Gasteiger partial charge in [0.05, 0.1) is 6.04 Å². The van der Waals surface area contributed by atoms with Crippen molar-refractivity contribution in [2.75, 3.05) is 12.8 Å². The van der Waals surface area contributed by atoms with Gasteiger partial charge in [-0.15, -0.1) is 0 Å². The minimum Gasteiger partial charge on any atom is -0.332 e. The number of rotatable bonds is 5. The van der Waals surface area contributed by atoms with Crippen LogP contribution in [0.25, 0.3) is 0 Å². The standard InChI is InChI=1S/C19H25F3N2O3S/c1-13(9-11-28(3,26)27)23-18(25)24-10-8-15(19(2,21)22)12-17(24)14-4-6-16(20)7-5-14/h4-7,9,11,13,15,17H,8,10,12H2,1-3H3,(H,23,25)/b11-9+/t13-,15-,17+/m0/s1. The van der Waals surface area contributed by atoms with Gasteiger partial charge >= 0.3 is 6.03 Å². The third kappa shape index (κ3) is 6.25. The molecule has 1 aliphatic rings. The summed E-state index contributed by atoms with van der Waals surface area (Å²) in [5.41, 5.74) is 0.574. The summed E-state index contributed by atoms with van der Waals surface area (Å²) in [6.07, 6.45) is 2.57. The van der Waals surface area contributed by atoms with Crippen LogP contribution < -0.4 is 5.32 Å². The van der Waals surface area contributed by atoms with E-state index < -0.39 is 45.6 Å². The molecule has 5 nitrogen and oxygen atoms in total. The zero-order valence-electron chi connectivity index (χ0n) is 16.0. The van der Waals surface area contributed by atoms with Gasteiger partial charge in [-0.3, -0.25) is 0 Å². The van der Waals surface area contributed by atoms with Crippen LogP contribution in [-0.2, 0) is 9.84 Å². The van der Waals surface area contributed by atoms with Crippen LogP contribution in [0.3, 0.4) is 0 Å². The Morgan fingerprint density at radius 3 is 2.46 bits per heavy atom. The Kier molecular flexibility index (Phi) is 6.80. The predicted octanol–water partition coefficient (Wildman–Crippen LogP) is 3.89. The highest BCUT2D eigenvalue weighted by molar-refractivity contribution is 7.93. The molecular weight excluding hydrogens is 393 g/mol. The Bertz CT molecular complexity index is 820. The third-order valence-electron chi connectivity index (χ3n) is 4.80. The molecule has 0 bridgehead atoms. The van der Waals surface area contributed by atoms with Gasteiger partial charge in [0.25, 0.3) is 0 Å². The molecule has 0 radical (unpaired) electrons. The number of urea groups is 1. The van der Waals surface area contributed by atoms with Crippen LogP contribution in [0.5, 0.6) is 0 Å². The van der Waals surface area contributed by atoms with Gasteiger partial charge in [0, 0.05) is 30.2 Å². The molecule has 1 aromatic carbocycles. The first kappa shape index (κ1) is 22.3. The summed E-state index contributed by atoms with van der Waals surface area (Å²) in [5.74, 6) is -4.23. The summed E-state index contributed by atoms with van der Waals surface area (Å²) < 4.78 is 63.4. The Morgan fingerprint density at radius 2 is 1.93 bits per heavy atom. The van der Waals surface area contributed by atoms with Crippen molar-refractivity contribution in [2.45, 2.75) is 44.7 Å². The molecule has 0 spiro atoms. The second-order valence-corrected chi connectivity index (χ2v) is 9.27. The van der Waals surface area contributed by atoms with Gasteiger partial charge in [0.2, 0.25) is 5.92 Å². The van der Waals surface area contributed by atoms with Crippen LogP contribution in [0.4, 0.5) is 18.0 Å². The highest BCUT2D eigenvalue weighted by atomic mass is 32.2. The maximum atomic E-state index is 13.9. The molecule has 2 amide bonds. The number of carbonyl (C=O) groups excluding carboxylic acids is 1. The molecule has 0 aromatic heterocycles. The van der Waals surface area contributed by atoms with E-state index in [1.807, 2.05) is 0 Å². The van der Waals surface area contributed by atoms with Crippen molar-refractivity contribution >= 4 is 15.9 Å². The van der Waals surface area contributed by atoms with Crippen LogP contribution in [0.15, 0.2) is 35.7 Å². The molecule has 9 heteroatoms. The number of nitrogens with zero attached hydrogens (tertiary/aromatic N) is 1. The van der Waals surface area contributed by atoms with Crippen LogP contribution >= 0.6 is 0 Å². The average Bonchev–Trinajstić information content (AvgIpc) is 2.59. The molecule has 1 aliphatic heterocycles. The van der Waals surface area contributed by atoms with Crippen LogP contribution in [0, 0.1) is 11.7 Å². The fraction of sp³-hybridized carbons (Fsp3) is 0.526. The van der Waals surface area contributed by atoms with Crippen molar-refractivity contribution in [1.29, 1.82) is 0 Å². The fourth-order valence-electron chi connectivity index (χ4n) is 3.26. The lowest BCUT2D eigenvalue weighted by atomic mass is 9.84. The zero-order chi connectivity index (χ0) is 21.1. The molecule has 156 valence electrons. The summed E-state index contributed by atoms with van der Waals surface area (Å²) in [4.78, 5) is 14.2. The number of halogens is 3. The van der Waals surface area contributed by atoms with E-state index >= 15 is 0 Å². The number of benzene rings is 1. The van der Waals surface area contributed by atoms with Crippen LogP contribution in [0.2, 0.25) is 0 Å². The number of hydrogen-bond donors (Lipinski definition) is 1. The van der Waals surface area contributed by atoms with E-state index in [1.165, 1.54) is 35.2 Å². The summed E-state index contributed by atoms with van der Waals surface area (Å²) >= 11 is 0. The van der Waals surface area contributed by atoms with E-state index in [2.05, 4.69) is 5.32 Å². The minimum absolute atomic E-state index is 0.0517. The number of alkyl halides is 2. The monoisotopic (exact) mass is 418 g/mol. The smallest absolute Gasteiger partial charge is 0.318 e.